The van der Waals surface area contributed by atoms with Crippen LogP contribution in [0.3, 0.4) is 0 Å². The fourth-order valence-electron chi connectivity index (χ4n) is 3.92. The topological polar surface area (TPSA) is 137 Å². The highest BCUT2D eigenvalue weighted by atomic mass is 32.2. The molecule has 0 radical (unpaired) electrons. The molecule has 3 N–H and O–H groups in total. The van der Waals surface area contributed by atoms with E-state index in [1.807, 2.05) is 11.9 Å². The summed E-state index contributed by atoms with van der Waals surface area (Å²) in [6, 6.07) is 8.29. The van der Waals surface area contributed by atoms with Crippen LogP contribution in [0.4, 0.5) is 11.4 Å². The summed E-state index contributed by atoms with van der Waals surface area (Å²) in [5.41, 5.74) is 10.8. The Labute approximate surface area is 199 Å². The van der Waals surface area contributed by atoms with Gasteiger partial charge in [-0.05, 0) is 51.8 Å². The molecule has 1 fully saturated rings. The Morgan fingerprint density at radius 2 is 1.76 bits per heavy atom. The number of nitrogens with two attached hydrogens (primary N) is 1. The third-order valence-corrected chi connectivity index (χ3v) is 9.10. The monoisotopic (exact) mass is 507 g/mol. The van der Waals surface area contributed by atoms with Gasteiger partial charge in [0.25, 0.3) is 20.1 Å². The number of nitrogens with one attached hydrogen (secondary N) is 1. The Kier molecular flexibility index (Phi) is 6.36. The van der Waals surface area contributed by atoms with Crippen LogP contribution in [0.1, 0.15) is 32.3 Å². The minimum atomic E-state index is -3.84. The molecule has 1 aliphatic heterocycles. The Hall–Kier alpha value is -2.67. The van der Waals surface area contributed by atoms with E-state index in [2.05, 4.69) is 10.4 Å². The zero-order valence-corrected chi connectivity index (χ0v) is 21.0. The first-order valence-electron chi connectivity index (χ1n) is 11.0. The molecule has 0 amide bonds. The molecule has 4 rings (SSSR count). The van der Waals surface area contributed by atoms with Gasteiger partial charge >= 0.3 is 0 Å². The number of hydrazine groups is 1. The Morgan fingerprint density at radius 1 is 1.12 bits per heavy atom. The van der Waals surface area contributed by atoms with Gasteiger partial charge < -0.3 is 11.2 Å². The van der Waals surface area contributed by atoms with Gasteiger partial charge in [-0.1, -0.05) is 17.7 Å². The fourth-order valence-corrected chi connectivity index (χ4v) is 6.12. The van der Waals surface area contributed by atoms with E-state index >= 15 is 0 Å². The molecule has 2 aromatic heterocycles. The summed E-state index contributed by atoms with van der Waals surface area (Å²) in [4.78, 5) is 4.46. The van der Waals surface area contributed by atoms with Gasteiger partial charge in [0.15, 0.2) is 5.65 Å². The van der Waals surface area contributed by atoms with Crippen LogP contribution in [0.2, 0.25) is 0 Å². The number of fused-ring (bicyclic) bond motifs is 1. The van der Waals surface area contributed by atoms with Crippen LogP contribution in [0.15, 0.2) is 47.6 Å². The minimum absolute atomic E-state index is 0.0709. The number of pyridine rings is 1. The second-order valence-electron chi connectivity index (χ2n) is 8.73. The van der Waals surface area contributed by atoms with Crippen LogP contribution in [0, 0.1) is 6.92 Å². The molecule has 0 spiro atoms. The average Bonchev–Trinajstić information content (AvgIpc) is 3.22. The van der Waals surface area contributed by atoms with Gasteiger partial charge in [0.1, 0.15) is 0 Å². The molecule has 0 bridgehead atoms. The molecular formula is C22H29N5O5S2. The fraction of sp³-hybridized carbons (Fsp3) is 0.409. The van der Waals surface area contributed by atoms with E-state index in [1.165, 1.54) is 12.4 Å². The van der Waals surface area contributed by atoms with Crippen molar-refractivity contribution >= 4 is 42.5 Å². The molecule has 0 atom stereocenters. The Balaban J connectivity index is 1.59. The number of benzene rings is 1. The lowest BCUT2D eigenvalue weighted by atomic mass is 9.95. The first-order valence-corrected chi connectivity index (χ1v) is 14.0. The van der Waals surface area contributed by atoms with Gasteiger partial charge in [0.05, 0.1) is 33.8 Å². The largest absolute Gasteiger partial charge is 0.396 e. The lowest BCUT2D eigenvalue weighted by Crippen LogP contribution is -2.47. The maximum Gasteiger partial charge on any atom is 0.269 e. The highest BCUT2D eigenvalue weighted by Gasteiger charge is 2.35. The van der Waals surface area contributed by atoms with Gasteiger partial charge in [0.2, 0.25) is 0 Å². The third-order valence-electron chi connectivity index (χ3n) is 6.06. The average molecular weight is 508 g/mol. The molecule has 0 unspecified atom stereocenters. The van der Waals surface area contributed by atoms with Gasteiger partial charge in [-0.2, -0.15) is 8.42 Å². The summed E-state index contributed by atoms with van der Waals surface area (Å²) in [7, 11) is -7.39. The van der Waals surface area contributed by atoms with Crippen molar-refractivity contribution in [3.63, 3.8) is 0 Å². The predicted octanol–water partition coefficient (Wildman–Crippen LogP) is 2.71. The summed E-state index contributed by atoms with van der Waals surface area (Å²) >= 11 is 0. The number of rotatable bonds is 7. The first-order chi connectivity index (χ1) is 15.9. The zero-order valence-electron chi connectivity index (χ0n) is 19.4. The van der Waals surface area contributed by atoms with E-state index in [0.717, 1.165) is 9.54 Å². The van der Waals surface area contributed by atoms with E-state index in [1.54, 1.807) is 44.2 Å². The molecule has 1 aromatic carbocycles. The molecule has 1 saturated heterocycles. The van der Waals surface area contributed by atoms with Crippen molar-refractivity contribution in [1.29, 1.82) is 0 Å². The minimum Gasteiger partial charge on any atom is -0.396 e. The van der Waals surface area contributed by atoms with Crippen molar-refractivity contribution < 1.29 is 21.0 Å². The van der Waals surface area contributed by atoms with Crippen LogP contribution in [0.5, 0.6) is 0 Å². The van der Waals surface area contributed by atoms with Gasteiger partial charge in [0, 0.05) is 24.7 Å². The van der Waals surface area contributed by atoms with Crippen LogP contribution in [-0.2, 0) is 24.3 Å². The summed E-state index contributed by atoms with van der Waals surface area (Å²) < 4.78 is 56.8. The van der Waals surface area contributed by atoms with Crippen molar-refractivity contribution in [2.45, 2.75) is 44.1 Å². The third kappa shape index (κ3) is 4.76. The summed E-state index contributed by atoms with van der Waals surface area (Å²) in [5.74, 6) is -0.0709. The number of anilines is 2. The summed E-state index contributed by atoms with van der Waals surface area (Å²) in [5, 5.41) is 2.48. The second kappa shape index (κ2) is 8.84. The number of nitrogens with zero attached hydrogens (tertiary/aromatic N) is 3. The molecule has 1 aliphatic rings. The molecule has 3 heterocycles. The van der Waals surface area contributed by atoms with Crippen LogP contribution in [0.25, 0.3) is 11.0 Å². The van der Waals surface area contributed by atoms with E-state index in [0.29, 0.717) is 42.7 Å². The van der Waals surface area contributed by atoms with Crippen molar-refractivity contribution in [1.82, 2.24) is 14.0 Å². The number of aryl methyl sites for hydroxylation is 1. The van der Waals surface area contributed by atoms with Gasteiger partial charge in [-0.15, -0.1) is 0 Å². The van der Waals surface area contributed by atoms with Gasteiger partial charge in [-0.25, -0.2) is 22.4 Å². The van der Waals surface area contributed by atoms with Gasteiger partial charge in [-0.3, -0.25) is 4.18 Å². The zero-order chi connectivity index (χ0) is 24.7. The molecule has 3 aromatic rings. The highest BCUT2D eigenvalue weighted by molar-refractivity contribution is 7.90. The molecule has 0 aliphatic carbocycles. The van der Waals surface area contributed by atoms with Crippen LogP contribution >= 0.6 is 0 Å². The molecule has 12 heteroatoms. The second-order valence-corrected chi connectivity index (χ2v) is 12.4. The van der Waals surface area contributed by atoms with Crippen molar-refractivity contribution in [3.05, 3.63) is 48.3 Å². The van der Waals surface area contributed by atoms with E-state index in [-0.39, 0.29) is 16.3 Å². The molecule has 34 heavy (non-hydrogen) atoms. The molecular weight excluding hydrogens is 478 g/mol. The predicted molar refractivity (Wildman–Crippen MR) is 131 cm³/mol. The maximum atomic E-state index is 13.2. The van der Waals surface area contributed by atoms with Crippen LogP contribution in [-0.4, -0.2) is 55.2 Å². The Morgan fingerprint density at radius 3 is 2.38 bits per heavy atom. The number of piperidine rings is 1. The lowest BCUT2D eigenvalue weighted by molar-refractivity contribution is 0.0299. The first kappa shape index (κ1) is 24.5. The number of aromatic nitrogens is 2. The lowest BCUT2D eigenvalue weighted by Gasteiger charge is -2.38. The highest BCUT2D eigenvalue weighted by Crippen LogP contribution is 2.33. The van der Waals surface area contributed by atoms with Crippen molar-refractivity contribution in [3.8, 4) is 0 Å². The van der Waals surface area contributed by atoms with Crippen molar-refractivity contribution in [2.75, 3.05) is 30.0 Å². The standard InChI is InChI=1S/C22H29N5O5S2/c1-4-33(28,29)32-22(3)10-13-26(14-11-22)25-20-18-9-12-27(21(18)24-15-19(20)23)34(30,31)17-7-5-16(2)6-8-17/h5-9,12,15H,4,10-11,13-14,23H2,1-3H3,(H,24,25). The number of hydrogen-bond acceptors (Lipinski definition) is 9. The quantitative estimate of drug-likeness (QED) is 0.462. The maximum absolute atomic E-state index is 13.2. The number of nitrogen functional groups attached to an aromatic ring is 1. The molecule has 0 saturated carbocycles. The number of hydrogen-bond donors (Lipinski definition) is 2. The summed E-state index contributed by atoms with van der Waals surface area (Å²) in [6.45, 7) is 6.27. The SMILES string of the molecule is CCS(=O)(=O)OC1(C)CCN(Nc2c(N)cnc3c2ccn3S(=O)(=O)c2ccc(C)cc2)CC1. The van der Waals surface area contributed by atoms with Crippen molar-refractivity contribution in [2.24, 2.45) is 0 Å². The van der Waals surface area contributed by atoms with E-state index in [4.69, 9.17) is 9.92 Å². The van der Waals surface area contributed by atoms with E-state index in [9.17, 15) is 16.8 Å². The Bertz CT molecular complexity index is 1410. The van der Waals surface area contributed by atoms with E-state index < -0.39 is 25.7 Å². The smallest absolute Gasteiger partial charge is 0.269 e. The van der Waals surface area contributed by atoms with Crippen LogP contribution < -0.4 is 11.2 Å². The summed E-state index contributed by atoms with van der Waals surface area (Å²) in [6.07, 6.45) is 3.89. The molecule has 10 nitrogen and oxygen atoms in total. The normalized spacial score (nSPS) is 17.1. The molecule has 184 valence electrons.